The Morgan fingerprint density at radius 1 is 1.00 bits per heavy atom. The van der Waals surface area contributed by atoms with Crippen molar-refractivity contribution in [2.45, 2.75) is 6.04 Å². The standard InChI is InChI=1S/C14H13NO/c15-13-9-16-14-11(7-4-8-12(13)14)10-5-2-1-3-6-10/h1-8,13H,9,15H2/t13-/m1/s1. The Kier molecular flexibility index (Phi) is 2.15. The quantitative estimate of drug-likeness (QED) is 0.787. The van der Waals surface area contributed by atoms with Crippen LogP contribution in [0.5, 0.6) is 5.75 Å². The van der Waals surface area contributed by atoms with Crippen LogP contribution in [-0.4, -0.2) is 6.61 Å². The van der Waals surface area contributed by atoms with E-state index in [0.29, 0.717) is 6.61 Å². The van der Waals surface area contributed by atoms with Crippen LogP contribution >= 0.6 is 0 Å². The van der Waals surface area contributed by atoms with E-state index in [0.717, 1.165) is 16.9 Å². The van der Waals surface area contributed by atoms with Gasteiger partial charge in [0.1, 0.15) is 12.4 Å². The molecule has 0 aliphatic carbocycles. The first-order valence-corrected chi connectivity index (χ1v) is 5.43. The van der Waals surface area contributed by atoms with E-state index in [2.05, 4.69) is 18.2 Å². The highest BCUT2D eigenvalue weighted by Gasteiger charge is 2.23. The third-order valence-electron chi connectivity index (χ3n) is 2.94. The van der Waals surface area contributed by atoms with Crippen LogP contribution in [0.15, 0.2) is 48.5 Å². The largest absolute Gasteiger partial charge is 0.491 e. The van der Waals surface area contributed by atoms with E-state index in [4.69, 9.17) is 10.5 Å². The number of hydrogen-bond acceptors (Lipinski definition) is 2. The highest BCUT2D eigenvalue weighted by atomic mass is 16.5. The van der Waals surface area contributed by atoms with Gasteiger partial charge in [0.05, 0.1) is 6.04 Å². The summed E-state index contributed by atoms with van der Waals surface area (Å²) in [5.41, 5.74) is 9.39. The van der Waals surface area contributed by atoms with Crippen LogP contribution in [0.3, 0.4) is 0 Å². The summed E-state index contributed by atoms with van der Waals surface area (Å²) in [5, 5.41) is 0. The molecule has 0 saturated heterocycles. The van der Waals surface area contributed by atoms with Gasteiger partial charge in [-0.05, 0) is 5.56 Å². The summed E-state index contributed by atoms with van der Waals surface area (Å²) in [5.74, 6) is 0.946. The number of ether oxygens (including phenoxy) is 1. The molecule has 2 aromatic rings. The molecule has 2 N–H and O–H groups in total. The zero-order chi connectivity index (χ0) is 11.0. The van der Waals surface area contributed by atoms with Crippen molar-refractivity contribution < 1.29 is 4.74 Å². The fourth-order valence-electron chi connectivity index (χ4n) is 2.12. The average Bonchev–Trinajstić information content (AvgIpc) is 2.73. The highest BCUT2D eigenvalue weighted by molar-refractivity contribution is 5.73. The predicted molar refractivity (Wildman–Crippen MR) is 64.3 cm³/mol. The van der Waals surface area contributed by atoms with Gasteiger partial charge >= 0.3 is 0 Å². The normalized spacial score (nSPS) is 17.9. The molecule has 0 fully saturated rings. The predicted octanol–water partition coefficient (Wildman–Crippen LogP) is 2.75. The summed E-state index contributed by atoms with van der Waals surface area (Å²) in [7, 11) is 0. The molecule has 0 spiro atoms. The van der Waals surface area contributed by atoms with Gasteiger partial charge in [0.25, 0.3) is 0 Å². The second kappa shape index (κ2) is 3.65. The molecule has 0 unspecified atom stereocenters. The summed E-state index contributed by atoms with van der Waals surface area (Å²) in [6.07, 6.45) is 0. The minimum absolute atomic E-state index is 0.0127. The van der Waals surface area contributed by atoms with E-state index in [1.165, 1.54) is 5.56 Å². The Balaban J connectivity index is 2.17. The van der Waals surface area contributed by atoms with E-state index in [9.17, 15) is 0 Å². The number of para-hydroxylation sites is 1. The summed E-state index contributed by atoms with van der Waals surface area (Å²) in [4.78, 5) is 0. The Hall–Kier alpha value is -1.80. The van der Waals surface area contributed by atoms with Crippen LogP contribution in [0.2, 0.25) is 0 Å². The summed E-state index contributed by atoms with van der Waals surface area (Å²) in [6.45, 7) is 0.583. The lowest BCUT2D eigenvalue weighted by Gasteiger charge is -2.07. The van der Waals surface area contributed by atoms with E-state index in [1.807, 2.05) is 30.3 Å². The molecular formula is C14H13NO. The lowest BCUT2D eigenvalue weighted by molar-refractivity contribution is 0.334. The van der Waals surface area contributed by atoms with Crippen molar-refractivity contribution in [2.75, 3.05) is 6.61 Å². The molecule has 2 aromatic carbocycles. The molecule has 1 aliphatic rings. The lowest BCUT2D eigenvalue weighted by Crippen LogP contribution is -2.10. The number of nitrogens with two attached hydrogens (primary N) is 1. The second-order valence-electron chi connectivity index (χ2n) is 4.01. The van der Waals surface area contributed by atoms with Crippen molar-refractivity contribution in [2.24, 2.45) is 5.73 Å². The van der Waals surface area contributed by atoms with E-state index < -0.39 is 0 Å². The third kappa shape index (κ3) is 1.39. The third-order valence-corrected chi connectivity index (χ3v) is 2.94. The fourth-order valence-corrected chi connectivity index (χ4v) is 2.12. The molecule has 2 nitrogen and oxygen atoms in total. The summed E-state index contributed by atoms with van der Waals surface area (Å²) in [6, 6.07) is 16.4. The molecule has 2 heteroatoms. The van der Waals surface area contributed by atoms with Crippen molar-refractivity contribution in [3.63, 3.8) is 0 Å². The van der Waals surface area contributed by atoms with Gasteiger partial charge < -0.3 is 10.5 Å². The van der Waals surface area contributed by atoms with Gasteiger partial charge in [-0.3, -0.25) is 0 Å². The molecule has 80 valence electrons. The lowest BCUT2D eigenvalue weighted by atomic mass is 10.00. The molecule has 0 saturated carbocycles. The van der Waals surface area contributed by atoms with Crippen LogP contribution < -0.4 is 10.5 Å². The number of benzene rings is 2. The maximum Gasteiger partial charge on any atom is 0.132 e. The van der Waals surface area contributed by atoms with Gasteiger partial charge in [-0.15, -0.1) is 0 Å². The Bertz CT molecular complexity index is 507. The summed E-state index contributed by atoms with van der Waals surface area (Å²) >= 11 is 0. The van der Waals surface area contributed by atoms with Crippen molar-refractivity contribution in [1.29, 1.82) is 0 Å². The van der Waals surface area contributed by atoms with Crippen molar-refractivity contribution >= 4 is 0 Å². The number of fused-ring (bicyclic) bond motifs is 1. The van der Waals surface area contributed by atoms with Crippen LogP contribution in [0.1, 0.15) is 11.6 Å². The van der Waals surface area contributed by atoms with Crippen LogP contribution in [-0.2, 0) is 0 Å². The van der Waals surface area contributed by atoms with E-state index in [-0.39, 0.29) is 6.04 Å². The molecule has 0 bridgehead atoms. The first-order chi connectivity index (χ1) is 7.86. The van der Waals surface area contributed by atoms with Gasteiger partial charge in [0, 0.05) is 11.1 Å². The molecular weight excluding hydrogens is 198 g/mol. The van der Waals surface area contributed by atoms with E-state index >= 15 is 0 Å². The van der Waals surface area contributed by atoms with Gasteiger partial charge in [0.15, 0.2) is 0 Å². The minimum Gasteiger partial charge on any atom is -0.491 e. The Morgan fingerprint density at radius 3 is 2.62 bits per heavy atom. The minimum atomic E-state index is 0.0127. The Morgan fingerprint density at radius 2 is 1.81 bits per heavy atom. The molecule has 0 radical (unpaired) electrons. The number of hydrogen-bond donors (Lipinski definition) is 1. The molecule has 0 amide bonds. The molecule has 1 aliphatic heterocycles. The molecule has 1 heterocycles. The van der Waals surface area contributed by atoms with Gasteiger partial charge in [-0.1, -0.05) is 48.5 Å². The molecule has 0 aromatic heterocycles. The smallest absolute Gasteiger partial charge is 0.132 e. The van der Waals surface area contributed by atoms with Crippen molar-refractivity contribution in [3.8, 4) is 16.9 Å². The van der Waals surface area contributed by atoms with Crippen molar-refractivity contribution in [1.82, 2.24) is 0 Å². The van der Waals surface area contributed by atoms with Crippen molar-refractivity contribution in [3.05, 3.63) is 54.1 Å². The maximum atomic E-state index is 5.97. The van der Waals surface area contributed by atoms with Gasteiger partial charge in [-0.2, -0.15) is 0 Å². The van der Waals surface area contributed by atoms with Gasteiger partial charge in [0.2, 0.25) is 0 Å². The number of rotatable bonds is 1. The second-order valence-corrected chi connectivity index (χ2v) is 4.01. The van der Waals surface area contributed by atoms with Gasteiger partial charge in [-0.25, -0.2) is 0 Å². The SMILES string of the molecule is N[C@@H]1COc2c(-c3ccccc3)cccc21. The average molecular weight is 211 g/mol. The maximum absolute atomic E-state index is 5.97. The fraction of sp³-hybridized carbons (Fsp3) is 0.143. The molecule has 3 rings (SSSR count). The zero-order valence-electron chi connectivity index (χ0n) is 8.89. The highest BCUT2D eigenvalue weighted by Crippen LogP contribution is 2.39. The Labute approximate surface area is 94.7 Å². The topological polar surface area (TPSA) is 35.2 Å². The monoisotopic (exact) mass is 211 g/mol. The zero-order valence-corrected chi connectivity index (χ0v) is 8.89. The first-order valence-electron chi connectivity index (χ1n) is 5.43. The summed E-state index contributed by atoms with van der Waals surface area (Å²) < 4.78 is 5.67. The molecule has 1 atom stereocenters. The van der Waals surface area contributed by atoms with E-state index in [1.54, 1.807) is 0 Å². The van der Waals surface area contributed by atoms with Crippen LogP contribution in [0.4, 0.5) is 0 Å². The van der Waals surface area contributed by atoms with Crippen LogP contribution in [0, 0.1) is 0 Å². The van der Waals surface area contributed by atoms with Crippen LogP contribution in [0.25, 0.3) is 11.1 Å². The first kappa shape index (κ1) is 9.43. The molecule has 16 heavy (non-hydrogen) atoms.